The van der Waals surface area contributed by atoms with Crippen LogP contribution in [0, 0.1) is 0 Å². The molecule has 20 heavy (non-hydrogen) atoms. The van der Waals surface area contributed by atoms with E-state index in [1.165, 1.54) is 11.1 Å². The van der Waals surface area contributed by atoms with Crippen LogP contribution in [-0.2, 0) is 6.42 Å². The van der Waals surface area contributed by atoms with Crippen molar-refractivity contribution < 1.29 is 0 Å². The van der Waals surface area contributed by atoms with Crippen molar-refractivity contribution >= 4 is 5.57 Å². The second kappa shape index (κ2) is 6.44. The highest BCUT2D eigenvalue weighted by Crippen LogP contribution is 2.16. The Morgan fingerprint density at radius 1 is 0.950 bits per heavy atom. The topological polar surface area (TPSA) is 37.8 Å². The predicted octanol–water partition coefficient (Wildman–Crippen LogP) is 2.83. The number of nitrogens with one attached hydrogen (secondary N) is 1. The van der Waals surface area contributed by atoms with Crippen molar-refractivity contribution in [3.05, 3.63) is 65.8 Å². The van der Waals surface area contributed by atoms with E-state index in [9.17, 15) is 0 Å². The summed E-state index contributed by atoms with van der Waals surface area (Å²) in [6.07, 6.45) is 9.12. The maximum Gasteiger partial charge on any atom is 0.154 e. The first-order valence-corrected chi connectivity index (χ1v) is 7.17. The van der Waals surface area contributed by atoms with Crippen molar-refractivity contribution in [2.45, 2.75) is 19.3 Å². The fraction of sp³-hybridized carbons (Fsp3) is 0.294. The van der Waals surface area contributed by atoms with Crippen LogP contribution in [0.2, 0.25) is 0 Å². The van der Waals surface area contributed by atoms with Gasteiger partial charge in [-0.15, -0.1) is 0 Å². The third-order valence-corrected chi connectivity index (χ3v) is 3.53. The molecule has 3 heteroatoms. The highest BCUT2D eigenvalue weighted by atomic mass is 14.9. The average molecular weight is 265 g/mol. The van der Waals surface area contributed by atoms with Gasteiger partial charge in [0.2, 0.25) is 0 Å². The standard InChI is InChI=1S/C17H19N3/c1-2-5-14(6-3-1)11-15-12-19-17(20-13-15)16-7-4-9-18-10-8-16/h1-3,5-7,12-13,18H,4,8-11H2. The predicted molar refractivity (Wildman–Crippen MR) is 81.4 cm³/mol. The lowest BCUT2D eigenvalue weighted by Crippen LogP contribution is -2.14. The SMILES string of the molecule is C1=C(c2ncc(Cc3ccccc3)cn2)CCNCC1. The summed E-state index contributed by atoms with van der Waals surface area (Å²) in [6, 6.07) is 10.4. The normalized spacial score (nSPS) is 15.5. The smallest absolute Gasteiger partial charge is 0.154 e. The van der Waals surface area contributed by atoms with Crippen LogP contribution in [0.5, 0.6) is 0 Å². The molecule has 1 aliphatic rings. The Kier molecular flexibility index (Phi) is 4.19. The van der Waals surface area contributed by atoms with E-state index >= 15 is 0 Å². The summed E-state index contributed by atoms with van der Waals surface area (Å²) < 4.78 is 0. The van der Waals surface area contributed by atoms with Gasteiger partial charge in [-0.1, -0.05) is 36.4 Å². The zero-order valence-corrected chi connectivity index (χ0v) is 11.5. The van der Waals surface area contributed by atoms with Crippen LogP contribution in [0.4, 0.5) is 0 Å². The van der Waals surface area contributed by atoms with E-state index in [2.05, 4.69) is 45.6 Å². The maximum atomic E-state index is 4.53. The van der Waals surface area contributed by atoms with Gasteiger partial charge in [0.1, 0.15) is 0 Å². The molecule has 1 aromatic heterocycles. The first-order chi connectivity index (χ1) is 9.92. The van der Waals surface area contributed by atoms with Gasteiger partial charge in [0.15, 0.2) is 5.82 Å². The first kappa shape index (κ1) is 13.0. The van der Waals surface area contributed by atoms with Crippen molar-refractivity contribution in [1.82, 2.24) is 15.3 Å². The van der Waals surface area contributed by atoms with Gasteiger partial charge in [-0.05, 0) is 42.6 Å². The van der Waals surface area contributed by atoms with E-state index < -0.39 is 0 Å². The second-order valence-electron chi connectivity index (χ2n) is 5.10. The fourth-order valence-electron chi connectivity index (χ4n) is 2.45. The summed E-state index contributed by atoms with van der Waals surface area (Å²) in [5.41, 5.74) is 3.72. The van der Waals surface area contributed by atoms with Gasteiger partial charge in [-0.25, -0.2) is 9.97 Å². The highest BCUT2D eigenvalue weighted by Gasteiger charge is 2.07. The minimum Gasteiger partial charge on any atom is -0.316 e. The number of aromatic nitrogens is 2. The van der Waals surface area contributed by atoms with E-state index in [-0.39, 0.29) is 0 Å². The summed E-state index contributed by atoms with van der Waals surface area (Å²) in [6.45, 7) is 2.07. The summed E-state index contributed by atoms with van der Waals surface area (Å²) in [5, 5.41) is 3.38. The zero-order valence-electron chi connectivity index (χ0n) is 11.5. The molecule has 1 aliphatic heterocycles. The van der Waals surface area contributed by atoms with E-state index in [1.807, 2.05) is 18.5 Å². The molecule has 0 saturated heterocycles. The lowest BCUT2D eigenvalue weighted by molar-refractivity contribution is 0.717. The molecule has 1 aromatic carbocycles. The van der Waals surface area contributed by atoms with Crippen LogP contribution < -0.4 is 5.32 Å². The van der Waals surface area contributed by atoms with Crippen molar-refractivity contribution in [3.8, 4) is 0 Å². The molecule has 102 valence electrons. The third kappa shape index (κ3) is 3.31. The van der Waals surface area contributed by atoms with Crippen molar-refractivity contribution in [3.63, 3.8) is 0 Å². The molecule has 0 atom stereocenters. The molecule has 0 radical (unpaired) electrons. The Morgan fingerprint density at radius 2 is 1.75 bits per heavy atom. The van der Waals surface area contributed by atoms with Gasteiger partial charge < -0.3 is 5.32 Å². The van der Waals surface area contributed by atoms with Gasteiger partial charge in [0.25, 0.3) is 0 Å². The summed E-state index contributed by atoms with van der Waals surface area (Å²) >= 11 is 0. The Hall–Kier alpha value is -2.00. The van der Waals surface area contributed by atoms with E-state index in [1.54, 1.807) is 0 Å². The van der Waals surface area contributed by atoms with Crippen LogP contribution in [-0.4, -0.2) is 23.1 Å². The fourth-order valence-corrected chi connectivity index (χ4v) is 2.45. The largest absolute Gasteiger partial charge is 0.316 e. The van der Waals surface area contributed by atoms with Crippen molar-refractivity contribution in [2.24, 2.45) is 0 Å². The van der Waals surface area contributed by atoms with E-state index in [4.69, 9.17) is 0 Å². The molecule has 1 N–H and O–H groups in total. The molecule has 0 fully saturated rings. The first-order valence-electron chi connectivity index (χ1n) is 7.17. The summed E-state index contributed by atoms with van der Waals surface area (Å²) in [5.74, 6) is 0.880. The number of rotatable bonds is 3. The van der Waals surface area contributed by atoms with Crippen LogP contribution in [0.1, 0.15) is 29.8 Å². The van der Waals surface area contributed by atoms with Crippen LogP contribution in [0.25, 0.3) is 5.57 Å². The third-order valence-electron chi connectivity index (χ3n) is 3.53. The van der Waals surface area contributed by atoms with Crippen molar-refractivity contribution in [2.75, 3.05) is 13.1 Å². The number of benzene rings is 1. The molecule has 0 aliphatic carbocycles. The minimum atomic E-state index is 0.880. The zero-order chi connectivity index (χ0) is 13.6. The quantitative estimate of drug-likeness (QED) is 0.927. The Balaban J connectivity index is 1.72. The summed E-state index contributed by atoms with van der Waals surface area (Å²) in [4.78, 5) is 9.07. The average Bonchev–Trinajstić information content (AvgIpc) is 2.78. The summed E-state index contributed by atoms with van der Waals surface area (Å²) in [7, 11) is 0. The minimum absolute atomic E-state index is 0.880. The molecular formula is C17H19N3. The molecule has 3 rings (SSSR count). The molecule has 0 spiro atoms. The van der Waals surface area contributed by atoms with Crippen LogP contribution in [0.15, 0.2) is 48.8 Å². The molecule has 0 saturated carbocycles. The van der Waals surface area contributed by atoms with Crippen LogP contribution >= 0.6 is 0 Å². The highest BCUT2D eigenvalue weighted by molar-refractivity contribution is 5.59. The molecule has 3 nitrogen and oxygen atoms in total. The molecular weight excluding hydrogens is 246 g/mol. The molecule has 2 heterocycles. The molecule has 0 unspecified atom stereocenters. The molecule has 0 bridgehead atoms. The Labute approximate surface area is 119 Å². The van der Waals surface area contributed by atoms with Gasteiger partial charge in [-0.2, -0.15) is 0 Å². The Bertz CT molecular complexity index is 573. The maximum absolute atomic E-state index is 4.53. The van der Waals surface area contributed by atoms with Gasteiger partial charge >= 0.3 is 0 Å². The van der Waals surface area contributed by atoms with Gasteiger partial charge in [0.05, 0.1) is 0 Å². The number of nitrogens with zero attached hydrogens (tertiary/aromatic N) is 2. The number of hydrogen-bond acceptors (Lipinski definition) is 3. The van der Waals surface area contributed by atoms with Crippen LogP contribution in [0.3, 0.4) is 0 Å². The van der Waals surface area contributed by atoms with E-state index in [0.717, 1.165) is 43.7 Å². The van der Waals surface area contributed by atoms with Gasteiger partial charge in [-0.3, -0.25) is 0 Å². The van der Waals surface area contributed by atoms with Crippen molar-refractivity contribution in [1.29, 1.82) is 0 Å². The van der Waals surface area contributed by atoms with Gasteiger partial charge in [0, 0.05) is 18.8 Å². The lowest BCUT2D eigenvalue weighted by Gasteiger charge is -2.05. The van der Waals surface area contributed by atoms with E-state index in [0.29, 0.717) is 0 Å². The number of hydrogen-bond donors (Lipinski definition) is 1. The Morgan fingerprint density at radius 3 is 2.55 bits per heavy atom. The monoisotopic (exact) mass is 265 g/mol. The molecule has 2 aromatic rings. The second-order valence-corrected chi connectivity index (χ2v) is 5.10. The lowest BCUT2D eigenvalue weighted by atomic mass is 10.1. The molecule has 0 amide bonds.